The number of hydrogen-bond donors (Lipinski definition) is 1. The number of rotatable bonds is 7. The average molecular weight is 495 g/mol. The van der Waals surface area contributed by atoms with Gasteiger partial charge in [0.05, 0.1) is 6.04 Å². The van der Waals surface area contributed by atoms with E-state index in [-0.39, 0.29) is 23.2 Å². The van der Waals surface area contributed by atoms with Crippen LogP contribution in [0.5, 0.6) is 0 Å². The monoisotopic (exact) mass is 494 g/mol. The molecule has 0 saturated carbocycles. The summed E-state index contributed by atoms with van der Waals surface area (Å²) < 4.78 is 43.0. The van der Waals surface area contributed by atoms with Gasteiger partial charge in [0, 0.05) is 35.5 Å². The smallest absolute Gasteiger partial charge is 0.355 e. The van der Waals surface area contributed by atoms with E-state index >= 15 is 4.39 Å². The predicted molar refractivity (Wildman–Crippen MR) is 122 cm³/mol. The highest BCUT2D eigenvalue weighted by molar-refractivity contribution is 7.10. The molecule has 1 aliphatic heterocycles. The summed E-state index contributed by atoms with van der Waals surface area (Å²) in [6.45, 7) is 3.73. The molecule has 2 heterocycles. The molecular formula is C24H22ClF3N2O2S. The largest absolute Gasteiger partial charge is 0.476 e. The fourth-order valence-corrected chi connectivity index (χ4v) is 5.70. The Kier molecular flexibility index (Phi) is 6.53. The second-order valence-electron chi connectivity index (χ2n) is 8.79. The van der Waals surface area contributed by atoms with E-state index in [0.29, 0.717) is 23.1 Å². The van der Waals surface area contributed by atoms with Gasteiger partial charge in [0.1, 0.15) is 22.3 Å². The van der Waals surface area contributed by atoms with Crippen molar-refractivity contribution in [3.05, 3.63) is 86.3 Å². The summed E-state index contributed by atoms with van der Waals surface area (Å²) in [6, 6.07) is 10.00. The SMILES string of the molecule is CC(C)(F)[C@H](c1cc(F)cc(F)c1)C1CN([C@H](c2ccc(Cl)cc2)c2nc(C(=O)O)cs2)C1. The van der Waals surface area contributed by atoms with Crippen LogP contribution in [-0.4, -0.2) is 39.7 Å². The molecule has 1 aromatic heterocycles. The molecule has 2 aromatic carbocycles. The molecule has 1 aliphatic rings. The van der Waals surface area contributed by atoms with Crippen molar-refractivity contribution >= 4 is 28.9 Å². The van der Waals surface area contributed by atoms with E-state index in [1.807, 2.05) is 12.1 Å². The van der Waals surface area contributed by atoms with Crippen LogP contribution in [0.15, 0.2) is 47.8 Å². The van der Waals surface area contributed by atoms with Crippen molar-refractivity contribution in [2.45, 2.75) is 31.5 Å². The van der Waals surface area contributed by atoms with E-state index in [1.165, 1.54) is 42.7 Å². The Morgan fingerprint density at radius 2 is 1.76 bits per heavy atom. The van der Waals surface area contributed by atoms with Crippen molar-refractivity contribution in [2.24, 2.45) is 5.92 Å². The Balaban J connectivity index is 1.64. The molecule has 0 aliphatic carbocycles. The quantitative estimate of drug-likeness (QED) is 0.417. The molecule has 0 unspecified atom stereocenters. The average Bonchev–Trinajstić information content (AvgIpc) is 3.16. The number of aromatic nitrogens is 1. The summed E-state index contributed by atoms with van der Waals surface area (Å²) in [5.74, 6) is -3.49. The van der Waals surface area contributed by atoms with Gasteiger partial charge in [-0.05, 0) is 55.2 Å². The zero-order valence-corrected chi connectivity index (χ0v) is 19.5. The summed E-state index contributed by atoms with van der Waals surface area (Å²) in [7, 11) is 0. The van der Waals surface area contributed by atoms with Gasteiger partial charge in [-0.25, -0.2) is 22.9 Å². The highest BCUT2D eigenvalue weighted by atomic mass is 35.5. The van der Waals surface area contributed by atoms with Crippen LogP contribution in [0.1, 0.15) is 52.4 Å². The van der Waals surface area contributed by atoms with Gasteiger partial charge in [-0.15, -0.1) is 11.3 Å². The Morgan fingerprint density at radius 3 is 2.27 bits per heavy atom. The van der Waals surface area contributed by atoms with Crippen molar-refractivity contribution in [1.82, 2.24) is 9.88 Å². The highest BCUT2D eigenvalue weighted by Gasteiger charge is 2.46. The number of carbonyl (C=O) groups is 1. The third kappa shape index (κ3) is 5.08. The van der Waals surface area contributed by atoms with Crippen LogP contribution < -0.4 is 0 Å². The first-order chi connectivity index (χ1) is 15.5. The van der Waals surface area contributed by atoms with Crippen LogP contribution in [0.25, 0.3) is 0 Å². The number of halogens is 4. The molecule has 174 valence electrons. The fourth-order valence-electron chi connectivity index (χ4n) is 4.62. The van der Waals surface area contributed by atoms with Gasteiger partial charge in [0.25, 0.3) is 0 Å². The van der Waals surface area contributed by atoms with Gasteiger partial charge in [-0.3, -0.25) is 4.90 Å². The third-order valence-electron chi connectivity index (χ3n) is 5.92. The van der Waals surface area contributed by atoms with Crippen molar-refractivity contribution in [3.63, 3.8) is 0 Å². The highest BCUT2D eigenvalue weighted by Crippen LogP contribution is 2.46. The number of hydrogen-bond acceptors (Lipinski definition) is 4. The molecule has 1 fully saturated rings. The number of benzene rings is 2. The minimum Gasteiger partial charge on any atom is -0.476 e. The second kappa shape index (κ2) is 9.08. The lowest BCUT2D eigenvalue weighted by atomic mass is 9.72. The Hall–Kier alpha value is -2.42. The first-order valence-electron chi connectivity index (χ1n) is 10.4. The summed E-state index contributed by atoms with van der Waals surface area (Å²) >= 11 is 7.27. The van der Waals surface area contributed by atoms with E-state index < -0.39 is 29.2 Å². The minimum absolute atomic E-state index is 0.0379. The van der Waals surface area contributed by atoms with Crippen LogP contribution in [0.4, 0.5) is 13.2 Å². The molecule has 0 amide bonds. The van der Waals surface area contributed by atoms with Gasteiger partial charge in [0.15, 0.2) is 5.69 Å². The maximum atomic E-state index is 15.2. The summed E-state index contributed by atoms with van der Waals surface area (Å²) in [5.41, 5.74) is -0.583. The molecule has 4 rings (SSSR count). The molecule has 0 radical (unpaired) electrons. The number of carboxylic acids is 1. The topological polar surface area (TPSA) is 53.4 Å². The van der Waals surface area contributed by atoms with Crippen molar-refractivity contribution in [1.29, 1.82) is 0 Å². The van der Waals surface area contributed by atoms with Crippen LogP contribution in [0.2, 0.25) is 5.02 Å². The maximum Gasteiger partial charge on any atom is 0.355 e. The molecule has 1 saturated heterocycles. The normalized spacial score (nSPS) is 16.9. The van der Waals surface area contributed by atoms with Crippen LogP contribution in [0.3, 0.4) is 0 Å². The maximum absolute atomic E-state index is 15.2. The van der Waals surface area contributed by atoms with E-state index in [4.69, 9.17) is 11.6 Å². The van der Waals surface area contributed by atoms with Gasteiger partial charge in [-0.2, -0.15) is 0 Å². The Morgan fingerprint density at radius 1 is 1.15 bits per heavy atom. The van der Waals surface area contributed by atoms with Crippen LogP contribution in [-0.2, 0) is 0 Å². The van der Waals surface area contributed by atoms with E-state index in [1.54, 1.807) is 12.1 Å². The van der Waals surface area contributed by atoms with Gasteiger partial charge >= 0.3 is 5.97 Å². The first-order valence-corrected chi connectivity index (χ1v) is 11.6. The number of alkyl halides is 1. The predicted octanol–water partition coefficient (Wildman–Crippen LogP) is 6.33. The summed E-state index contributed by atoms with van der Waals surface area (Å²) in [5, 5.41) is 11.9. The van der Waals surface area contributed by atoms with E-state index in [0.717, 1.165) is 11.6 Å². The Labute approximate surface area is 198 Å². The first kappa shape index (κ1) is 23.7. The Bertz CT molecular complexity index is 1140. The van der Waals surface area contributed by atoms with Gasteiger partial charge in [-0.1, -0.05) is 23.7 Å². The lowest BCUT2D eigenvalue weighted by Crippen LogP contribution is -2.53. The third-order valence-corrected chi connectivity index (χ3v) is 7.07. The van der Waals surface area contributed by atoms with Crippen molar-refractivity contribution in [2.75, 3.05) is 13.1 Å². The minimum atomic E-state index is -1.70. The molecule has 33 heavy (non-hydrogen) atoms. The number of aromatic carboxylic acids is 1. The molecular weight excluding hydrogens is 473 g/mol. The molecule has 1 N–H and O–H groups in total. The zero-order valence-electron chi connectivity index (χ0n) is 17.9. The zero-order chi connectivity index (χ0) is 23.9. The lowest BCUT2D eigenvalue weighted by Gasteiger charge is -2.49. The number of thiazole rings is 1. The number of likely N-dealkylation sites (tertiary alicyclic amines) is 1. The summed E-state index contributed by atoms with van der Waals surface area (Å²) in [6.07, 6.45) is 0. The van der Waals surface area contributed by atoms with E-state index in [2.05, 4.69) is 9.88 Å². The van der Waals surface area contributed by atoms with Crippen molar-refractivity contribution < 1.29 is 23.1 Å². The van der Waals surface area contributed by atoms with E-state index in [9.17, 15) is 18.7 Å². The van der Waals surface area contributed by atoms with Gasteiger partial charge < -0.3 is 5.11 Å². The molecule has 3 aromatic rings. The molecule has 9 heteroatoms. The molecule has 0 bridgehead atoms. The number of nitrogens with zero attached hydrogens (tertiary/aromatic N) is 2. The fraction of sp³-hybridized carbons (Fsp3) is 0.333. The molecule has 0 spiro atoms. The summed E-state index contributed by atoms with van der Waals surface area (Å²) in [4.78, 5) is 17.7. The second-order valence-corrected chi connectivity index (χ2v) is 10.1. The standard InChI is InChI=1S/C24H22ClF3N2O2S/c1-24(2,28)20(14-7-17(26)9-18(27)8-14)15-10-30(11-15)21(13-3-5-16(25)6-4-13)22-29-19(12-33-22)23(31)32/h3-9,12,15,20-21H,10-11H2,1-2H3,(H,31,32)/t20-,21-/m1/s1. The molecule has 4 nitrogen and oxygen atoms in total. The molecule has 2 atom stereocenters. The van der Waals surface area contributed by atoms with Crippen LogP contribution in [0, 0.1) is 17.6 Å². The van der Waals surface area contributed by atoms with Gasteiger partial charge in [0.2, 0.25) is 0 Å². The van der Waals surface area contributed by atoms with Crippen LogP contribution >= 0.6 is 22.9 Å². The van der Waals surface area contributed by atoms with Crippen molar-refractivity contribution in [3.8, 4) is 0 Å². The lowest BCUT2D eigenvalue weighted by molar-refractivity contribution is 0.00794. The number of carboxylic acid groups (broad SMARTS) is 1.